The molecule has 0 aliphatic carbocycles. The molecular formula is C8H6F3NO3. The number of alkyl halides is 3. The summed E-state index contributed by atoms with van der Waals surface area (Å²) in [6.07, 6.45) is -3.89. The summed E-state index contributed by atoms with van der Waals surface area (Å²) in [6, 6.07) is 1.74. The van der Waals surface area contributed by atoms with Crippen LogP contribution in [0.1, 0.15) is 10.4 Å². The lowest BCUT2D eigenvalue weighted by Crippen LogP contribution is -2.27. The van der Waals surface area contributed by atoms with E-state index in [1.165, 1.54) is 0 Å². The fourth-order valence-electron chi connectivity index (χ4n) is 0.975. The summed E-state index contributed by atoms with van der Waals surface area (Å²) < 4.78 is 36.1. The molecule has 0 radical (unpaired) electrons. The Labute approximate surface area is 81.6 Å². The number of halogens is 3. The molecule has 0 aliphatic rings. The molecule has 1 aromatic rings. The van der Waals surface area contributed by atoms with Gasteiger partial charge in [0, 0.05) is 12.3 Å². The van der Waals surface area contributed by atoms with Crippen molar-refractivity contribution in [1.29, 1.82) is 0 Å². The van der Waals surface area contributed by atoms with E-state index >= 15 is 0 Å². The first-order valence-electron chi connectivity index (χ1n) is 3.80. The highest BCUT2D eigenvalue weighted by atomic mass is 19.4. The Hall–Kier alpha value is -1.79. The predicted molar refractivity (Wildman–Crippen MR) is 43.7 cm³/mol. The van der Waals surface area contributed by atoms with Crippen LogP contribution in [-0.4, -0.2) is 21.8 Å². The molecule has 0 aromatic carbocycles. The first-order valence-corrected chi connectivity index (χ1v) is 3.80. The van der Waals surface area contributed by atoms with Gasteiger partial charge in [-0.15, -0.1) is 0 Å². The van der Waals surface area contributed by atoms with Gasteiger partial charge in [0.2, 0.25) is 0 Å². The summed E-state index contributed by atoms with van der Waals surface area (Å²) in [4.78, 5) is 21.4. The SMILES string of the molecule is O=C(O)c1ccc(=O)n(CC(F)(F)F)c1. The molecule has 0 fully saturated rings. The summed E-state index contributed by atoms with van der Waals surface area (Å²) >= 11 is 0. The van der Waals surface area contributed by atoms with Gasteiger partial charge < -0.3 is 9.67 Å². The molecule has 0 bridgehead atoms. The normalized spacial score (nSPS) is 11.4. The molecule has 1 N–H and O–H groups in total. The van der Waals surface area contributed by atoms with Crippen molar-refractivity contribution in [2.45, 2.75) is 12.7 Å². The minimum absolute atomic E-state index is 0.309. The number of aromatic carboxylic acids is 1. The topological polar surface area (TPSA) is 59.3 Å². The van der Waals surface area contributed by atoms with Gasteiger partial charge in [0.1, 0.15) is 6.54 Å². The number of hydrogen-bond donors (Lipinski definition) is 1. The van der Waals surface area contributed by atoms with Crippen LogP contribution in [-0.2, 0) is 6.54 Å². The second kappa shape index (κ2) is 3.76. The van der Waals surface area contributed by atoms with Gasteiger partial charge in [-0.1, -0.05) is 0 Å². The van der Waals surface area contributed by atoms with Crippen molar-refractivity contribution in [2.75, 3.05) is 0 Å². The number of carboxylic acids is 1. The minimum Gasteiger partial charge on any atom is -0.478 e. The van der Waals surface area contributed by atoms with Crippen LogP contribution in [0.5, 0.6) is 0 Å². The van der Waals surface area contributed by atoms with Crippen LogP contribution in [0.15, 0.2) is 23.1 Å². The van der Waals surface area contributed by atoms with Gasteiger partial charge in [-0.05, 0) is 6.07 Å². The summed E-state index contributed by atoms with van der Waals surface area (Å²) in [6.45, 7) is -1.49. The molecule has 0 amide bonds. The van der Waals surface area contributed by atoms with E-state index in [1.807, 2.05) is 0 Å². The Balaban J connectivity index is 3.12. The highest BCUT2D eigenvalue weighted by Crippen LogP contribution is 2.16. The molecule has 0 unspecified atom stereocenters. The maximum absolute atomic E-state index is 11.9. The maximum Gasteiger partial charge on any atom is 0.406 e. The lowest BCUT2D eigenvalue weighted by molar-refractivity contribution is -0.141. The Morgan fingerprint density at radius 2 is 2.00 bits per heavy atom. The van der Waals surface area contributed by atoms with Gasteiger partial charge in [0.15, 0.2) is 0 Å². The maximum atomic E-state index is 11.9. The summed E-state index contributed by atoms with van der Waals surface area (Å²) in [5.41, 5.74) is -1.25. The van der Waals surface area contributed by atoms with Crippen LogP contribution in [0.2, 0.25) is 0 Å². The van der Waals surface area contributed by atoms with E-state index in [-0.39, 0.29) is 5.56 Å². The highest BCUT2D eigenvalue weighted by Gasteiger charge is 2.28. The van der Waals surface area contributed by atoms with Gasteiger partial charge in [-0.3, -0.25) is 4.79 Å². The van der Waals surface area contributed by atoms with Crippen molar-refractivity contribution < 1.29 is 23.1 Å². The Morgan fingerprint density at radius 3 is 2.47 bits per heavy atom. The monoisotopic (exact) mass is 221 g/mol. The Kier molecular flexibility index (Phi) is 2.83. The van der Waals surface area contributed by atoms with Crippen molar-refractivity contribution >= 4 is 5.97 Å². The second-order valence-corrected chi connectivity index (χ2v) is 2.80. The van der Waals surface area contributed by atoms with Gasteiger partial charge >= 0.3 is 12.1 Å². The Bertz CT molecular complexity index is 435. The molecule has 7 heteroatoms. The average Bonchev–Trinajstić information content (AvgIpc) is 2.06. The molecule has 0 atom stereocenters. The van der Waals surface area contributed by atoms with E-state index in [1.54, 1.807) is 0 Å². The number of nitrogens with zero attached hydrogens (tertiary/aromatic N) is 1. The molecular weight excluding hydrogens is 215 g/mol. The summed E-state index contributed by atoms with van der Waals surface area (Å²) in [5.74, 6) is -1.38. The molecule has 1 rings (SSSR count). The van der Waals surface area contributed by atoms with Crippen molar-refractivity contribution in [1.82, 2.24) is 4.57 Å². The predicted octanol–water partition coefficient (Wildman–Crippen LogP) is 1.11. The van der Waals surface area contributed by atoms with E-state index in [9.17, 15) is 22.8 Å². The third-order valence-electron chi connectivity index (χ3n) is 1.58. The number of pyridine rings is 1. The number of carboxylic acid groups (broad SMARTS) is 1. The van der Waals surface area contributed by atoms with E-state index in [0.717, 1.165) is 12.1 Å². The molecule has 0 saturated carbocycles. The first kappa shape index (κ1) is 11.3. The molecule has 0 aliphatic heterocycles. The van der Waals surface area contributed by atoms with E-state index < -0.39 is 24.2 Å². The fraction of sp³-hybridized carbons (Fsp3) is 0.250. The van der Waals surface area contributed by atoms with E-state index in [2.05, 4.69) is 0 Å². The second-order valence-electron chi connectivity index (χ2n) is 2.80. The fourth-order valence-corrected chi connectivity index (χ4v) is 0.975. The lowest BCUT2D eigenvalue weighted by Gasteiger charge is -2.09. The molecule has 0 spiro atoms. The number of aromatic nitrogens is 1. The van der Waals surface area contributed by atoms with Gasteiger partial charge in [-0.2, -0.15) is 13.2 Å². The van der Waals surface area contributed by atoms with Crippen LogP contribution in [0.4, 0.5) is 13.2 Å². The summed E-state index contributed by atoms with van der Waals surface area (Å²) in [5, 5.41) is 8.50. The van der Waals surface area contributed by atoms with E-state index in [0.29, 0.717) is 10.8 Å². The number of hydrogen-bond acceptors (Lipinski definition) is 2. The third-order valence-corrected chi connectivity index (χ3v) is 1.58. The van der Waals surface area contributed by atoms with Gasteiger partial charge in [0.25, 0.3) is 5.56 Å². The zero-order chi connectivity index (χ0) is 11.6. The largest absolute Gasteiger partial charge is 0.478 e. The zero-order valence-electron chi connectivity index (χ0n) is 7.28. The molecule has 1 heterocycles. The van der Waals surface area contributed by atoms with Crippen molar-refractivity contribution in [2.24, 2.45) is 0 Å². The molecule has 82 valence electrons. The zero-order valence-corrected chi connectivity index (χ0v) is 7.28. The number of carbonyl (C=O) groups is 1. The quantitative estimate of drug-likeness (QED) is 0.813. The van der Waals surface area contributed by atoms with Crippen LogP contribution in [0.25, 0.3) is 0 Å². The van der Waals surface area contributed by atoms with Crippen LogP contribution >= 0.6 is 0 Å². The summed E-state index contributed by atoms with van der Waals surface area (Å²) in [7, 11) is 0. The van der Waals surface area contributed by atoms with Crippen molar-refractivity contribution in [3.05, 3.63) is 34.2 Å². The minimum atomic E-state index is -4.55. The van der Waals surface area contributed by atoms with E-state index in [4.69, 9.17) is 5.11 Å². The molecule has 4 nitrogen and oxygen atoms in total. The molecule has 15 heavy (non-hydrogen) atoms. The van der Waals surface area contributed by atoms with Crippen LogP contribution < -0.4 is 5.56 Å². The smallest absolute Gasteiger partial charge is 0.406 e. The molecule has 1 aromatic heterocycles. The average molecular weight is 221 g/mol. The molecule has 0 saturated heterocycles. The van der Waals surface area contributed by atoms with Crippen LogP contribution in [0.3, 0.4) is 0 Å². The highest BCUT2D eigenvalue weighted by molar-refractivity contribution is 5.87. The Morgan fingerprint density at radius 1 is 1.40 bits per heavy atom. The van der Waals surface area contributed by atoms with Gasteiger partial charge in [0.05, 0.1) is 5.56 Å². The van der Waals surface area contributed by atoms with Gasteiger partial charge in [-0.25, -0.2) is 4.79 Å². The van der Waals surface area contributed by atoms with Crippen molar-refractivity contribution in [3.8, 4) is 0 Å². The lowest BCUT2D eigenvalue weighted by atomic mass is 10.3. The van der Waals surface area contributed by atoms with Crippen molar-refractivity contribution in [3.63, 3.8) is 0 Å². The van der Waals surface area contributed by atoms with Crippen LogP contribution in [0, 0.1) is 0 Å². The first-order chi connectivity index (χ1) is 6.79. The standard InChI is InChI=1S/C8H6F3NO3/c9-8(10,11)4-12-3-5(7(14)15)1-2-6(12)13/h1-3H,4H2,(H,14,15). The number of rotatable bonds is 2. The third kappa shape index (κ3) is 3.12.